The summed E-state index contributed by atoms with van der Waals surface area (Å²) in [7, 11) is 0. The van der Waals surface area contributed by atoms with Crippen LogP contribution in [0.2, 0.25) is 0 Å². The fourth-order valence-corrected chi connectivity index (χ4v) is 6.36. The summed E-state index contributed by atoms with van der Waals surface area (Å²) in [6.45, 7) is 7.72. The Labute approximate surface area is 173 Å². The highest BCUT2D eigenvalue weighted by molar-refractivity contribution is 5.67. The first-order chi connectivity index (χ1) is 13.7. The molecule has 0 radical (unpaired) electrons. The summed E-state index contributed by atoms with van der Waals surface area (Å²) in [6.07, 6.45) is 16.9. The van der Waals surface area contributed by atoms with Crippen LogP contribution in [0.15, 0.2) is 47.3 Å². The Kier molecular flexibility index (Phi) is 5.08. The van der Waals surface area contributed by atoms with Gasteiger partial charge in [-0.25, -0.2) is 0 Å². The molecule has 5 atom stereocenters. The molecule has 0 bridgehead atoms. The standard InChI is InChI=1S/C25H32O4/c1-16(26)28-14-11-18-6-8-22-21-7-5-19-15-20(29-17(2)27)9-12-25(19,4)23(21)10-13-24(18,22)3/h6-8,11,14,19-20,23H,5,9-10,12-13,15H2,1-4H3/t19?,20?,23-,24+,25-/m0/s1. The third kappa shape index (κ3) is 3.41. The van der Waals surface area contributed by atoms with Crippen LogP contribution in [0, 0.1) is 22.7 Å². The van der Waals surface area contributed by atoms with Crippen LogP contribution in [0.3, 0.4) is 0 Å². The van der Waals surface area contributed by atoms with Crippen molar-refractivity contribution in [3.8, 4) is 0 Å². The van der Waals surface area contributed by atoms with Crippen molar-refractivity contribution in [1.29, 1.82) is 0 Å². The van der Waals surface area contributed by atoms with Gasteiger partial charge in [0.2, 0.25) is 0 Å². The SMILES string of the molecule is CC(=O)OC=CC1=CC=C2C3=CCC4CC(OC(C)=O)CC[C@]4(C)[C@H]3CC[C@]12C. The lowest BCUT2D eigenvalue weighted by Gasteiger charge is -2.56. The molecule has 0 spiro atoms. The van der Waals surface area contributed by atoms with E-state index in [0.717, 1.165) is 32.1 Å². The smallest absolute Gasteiger partial charge is 0.307 e. The van der Waals surface area contributed by atoms with Crippen LogP contribution in [0.5, 0.6) is 0 Å². The molecule has 4 heteroatoms. The summed E-state index contributed by atoms with van der Waals surface area (Å²) in [5.41, 5.74) is 4.46. The third-order valence-electron chi connectivity index (χ3n) is 8.00. The lowest BCUT2D eigenvalue weighted by Crippen LogP contribution is -2.48. The number of carbonyl (C=O) groups excluding carboxylic acids is 2. The van der Waals surface area contributed by atoms with Gasteiger partial charge in [-0.2, -0.15) is 0 Å². The van der Waals surface area contributed by atoms with E-state index in [0.29, 0.717) is 11.8 Å². The molecular formula is C25H32O4. The first-order valence-corrected chi connectivity index (χ1v) is 10.9. The number of ether oxygens (including phenoxy) is 2. The highest BCUT2D eigenvalue weighted by atomic mass is 16.5. The number of hydrogen-bond donors (Lipinski definition) is 0. The van der Waals surface area contributed by atoms with Crippen molar-refractivity contribution in [2.75, 3.05) is 0 Å². The van der Waals surface area contributed by atoms with Gasteiger partial charge in [-0.3, -0.25) is 9.59 Å². The number of esters is 2. The first kappa shape index (κ1) is 20.2. The minimum atomic E-state index is -0.291. The Morgan fingerprint density at radius 3 is 2.62 bits per heavy atom. The molecule has 156 valence electrons. The van der Waals surface area contributed by atoms with Gasteiger partial charge < -0.3 is 9.47 Å². The second-order valence-electron chi connectivity index (χ2n) is 9.64. The van der Waals surface area contributed by atoms with Crippen LogP contribution in [0.4, 0.5) is 0 Å². The quantitative estimate of drug-likeness (QED) is 0.472. The molecule has 0 aromatic rings. The number of rotatable bonds is 3. The molecule has 0 aliphatic heterocycles. The van der Waals surface area contributed by atoms with Crippen molar-refractivity contribution in [3.63, 3.8) is 0 Å². The van der Waals surface area contributed by atoms with E-state index in [4.69, 9.17) is 9.47 Å². The maximum Gasteiger partial charge on any atom is 0.307 e. The molecule has 0 heterocycles. The lowest BCUT2D eigenvalue weighted by molar-refractivity contribution is -0.151. The molecule has 29 heavy (non-hydrogen) atoms. The Morgan fingerprint density at radius 1 is 1.10 bits per heavy atom. The van der Waals surface area contributed by atoms with Gasteiger partial charge in [-0.05, 0) is 78.6 Å². The predicted molar refractivity (Wildman–Crippen MR) is 112 cm³/mol. The van der Waals surface area contributed by atoms with E-state index in [1.165, 1.54) is 43.2 Å². The van der Waals surface area contributed by atoms with Crippen LogP contribution in [0.1, 0.15) is 66.2 Å². The summed E-state index contributed by atoms with van der Waals surface area (Å²) < 4.78 is 10.6. The molecule has 0 N–H and O–H groups in total. The monoisotopic (exact) mass is 396 g/mol. The minimum absolute atomic E-state index is 0.00286. The summed E-state index contributed by atoms with van der Waals surface area (Å²) >= 11 is 0. The summed E-state index contributed by atoms with van der Waals surface area (Å²) in [4.78, 5) is 22.5. The maximum atomic E-state index is 11.4. The Morgan fingerprint density at radius 2 is 1.90 bits per heavy atom. The van der Waals surface area contributed by atoms with E-state index in [9.17, 15) is 9.59 Å². The van der Waals surface area contributed by atoms with Crippen molar-refractivity contribution in [3.05, 3.63) is 47.3 Å². The molecule has 4 nitrogen and oxygen atoms in total. The van der Waals surface area contributed by atoms with Crippen molar-refractivity contribution >= 4 is 11.9 Å². The van der Waals surface area contributed by atoms with Crippen molar-refractivity contribution < 1.29 is 19.1 Å². The molecule has 4 aliphatic carbocycles. The van der Waals surface area contributed by atoms with E-state index < -0.39 is 0 Å². The van der Waals surface area contributed by atoms with E-state index in [2.05, 4.69) is 32.1 Å². The zero-order valence-corrected chi connectivity index (χ0v) is 18.0. The van der Waals surface area contributed by atoms with Gasteiger partial charge in [0.1, 0.15) is 6.10 Å². The first-order valence-electron chi connectivity index (χ1n) is 10.9. The van der Waals surface area contributed by atoms with E-state index in [-0.39, 0.29) is 28.9 Å². The third-order valence-corrected chi connectivity index (χ3v) is 8.00. The second kappa shape index (κ2) is 7.30. The zero-order valence-electron chi connectivity index (χ0n) is 18.0. The van der Waals surface area contributed by atoms with E-state index in [1.807, 2.05) is 6.08 Å². The molecule has 2 fully saturated rings. The predicted octanol–water partition coefficient (Wildman–Crippen LogP) is 5.41. The number of hydrogen-bond acceptors (Lipinski definition) is 4. The Bertz CT molecular complexity index is 845. The van der Waals surface area contributed by atoms with Gasteiger partial charge >= 0.3 is 11.9 Å². The maximum absolute atomic E-state index is 11.4. The van der Waals surface area contributed by atoms with Gasteiger partial charge in [-0.15, -0.1) is 0 Å². The average molecular weight is 397 g/mol. The van der Waals surface area contributed by atoms with Gasteiger partial charge in [0.25, 0.3) is 0 Å². The van der Waals surface area contributed by atoms with Gasteiger partial charge in [-0.1, -0.05) is 32.1 Å². The summed E-state index contributed by atoms with van der Waals surface area (Å²) in [5, 5.41) is 0. The molecular weight excluding hydrogens is 364 g/mol. The molecule has 0 amide bonds. The van der Waals surface area contributed by atoms with Crippen LogP contribution < -0.4 is 0 Å². The van der Waals surface area contributed by atoms with Crippen LogP contribution in [-0.4, -0.2) is 18.0 Å². The zero-order chi connectivity index (χ0) is 20.8. The molecule has 2 saturated carbocycles. The van der Waals surface area contributed by atoms with Gasteiger partial charge in [0.05, 0.1) is 6.26 Å². The fraction of sp³-hybridized carbons (Fsp3) is 0.600. The Hall–Kier alpha value is -2.10. The highest BCUT2D eigenvalue weighted by Crippen LogP contribution is 2.63. The number of allylic oxidation sites excluding steroid dienone is 7. The second-order valence-corrected chi connectivity index (χ2v) is 9.64. The summed E-state index contributed by atoms with van der Waals surface area (Å²) in [5.74, 6) is 0.705. The van der Waals surface area contributed by atoms with Crippen LogP contribution in [0.25, 0.3) is 0 Å². The molecule has 0 aromatic heterocycles. The van der Waals surface area contributed by atoms with Crippen molar-refractivity contribution in [1.82, 2.24) is 0 Å². The molecule has 0 aromatic carbocycles. The normalized spacial score (nSPS) is 38.2. The molecule has 0 saturated heterocycles. The average Bonchev–Trinajstić information content (AvgIpc) is 2.98. The summed E-state index contributed by atoms with van der Waals surface area (Å²) in [6, 6.07) is 0. The van der Waals surface area contributed by atoms with Crippen molar-refractivity contribution in [2.45, 2.75) is 72.3 Å². The largest absolute Gasteiger partial charge is 0.463 e. The van der Waals surface area contributed by atoms with Crippen LogP contribution >= 0.6 is 0 Å². The topological polar surface area (TPSA) is 52.6 Å². The van der Waals surface area contributed by atoms with E-state index >= 15 is 0 Å². The van der Waals surface area contributed by atoms with Gasteiger partial charge in [0, 0.05) is 19.3 Å². The number of carbonyl (C=O) groups is 2. The van der Waals surface area contributed by atoms with Crippen molar-refractivity contribution in [2.24, 2.45) is 22.7 Å². The van der Waals surface area contributed by atoms with Gasteiger partial charge in [0.15, 0.2) is 0 Å². The molecule has 4 aliphatic rings. The Balaban J connectivity index is 1.55. The minimum Gasteiger partial charge on any atom is -0.463 e. The molecule has 4 rings (SSSR count). The lowest BCUT2D eigenvalue weighted by atomic mass is 9.49. The number of fused-ring (bicyclic) bond motifs is 5. The van der Waals surface area contributed by atoms with E-state index in [1.54, 1.807) is 0 Å². The fourth-order valence-electron chi connectivity index (χ4n) is 6.36. The van der Waals surface area contributed by atoms with Crippen LogP contribution in [-0.2, 0) is 19.1 Å². The highest BCUT2D eigenvalue weighted by Gasteiger charge is 2.53. The molecule has 2 unspecified atom stereocenters.